The Labute approximate surface area is 472 Å². The number of carbonyl (C=O) groups is 3. The lowest BCUT2D eigenvalue weighted by Gasteiger charge is -2.18. The molecule has 0 aliphatic heterocycles. The van der Waals surface area contributed by atoms with Crippen LogP contribution < -0.4 is 0 Å². The molecule has 1 unspecified atom stereocenters. The molecule has 0 aromatic heterocycles. The van der Waals surface area contributed by atoms with Crippen molar-refractivity contribution in [2.24, 2.45) is 0 Å². The second kappa shape index (κ2) is 64.4. The monoisotopic (exact) mass is 1060 g/mol. The van der Waals surface area contributed by atoms with Gasteiger partial charge in [0.2, 0.25) is 0 Å². The lowest BCUT2D eigenvalue weighted by atomic mass is 10.0. The Kier molecular flexibility index (Phi) is 61.7. The molecule has 0 bridgehead atoms. The molecule has 0 fully saturated rings. The molecule has 6 nitrogen and oxygen atoms in total. The summed E-state index contributed by atoms with van der Waals surface area (Å²) in [6.07, 6.45) is 83.3. The number of hydrogen-bond donors (Lipinski definition) is 0. The van der Waals surface area contributed by atoms with Gasteiger partial charge in [-0.25, -0.2) is 0 Å². The third-order valence-electron chi connectivity index (χ3n) is 14.4. The van der Waals surface area contributed by atoms with E-state index in [2.05, 4.69) is 93.7 Å². The van der Waals surface area contributed by atoms with Crippen molar-refractivity contribution in [1.29, 1.82) is 0 Å². The minimum atomic E-state index is -0.782. The van der Waals surface area contributed by atoms with Gasteiger partial charge in [0.25, 0.3) is 0 Å². The van der Waals surface area contributed by atoms with Crippen molar-refractivity contribution in [2.45, 2.75) is 341 Å². The van der Waals surface area contributed by atoms with Crippen molar-refractivity contribution < 1.29 is 28.6 Å². The van der Waals surface area contributed by atoms with E-state index in [9.17, 15) is 14.4 Å². The number of unbranched alkanes of at least 4 members (excludes halogenated alkanes) is 37. The maximum Gasteiger partial charge on any atom is 0.306 e. The quantitative estimate of drug-likeness (QED) is 0.0261. The molecule has 0 aromatic carbocycles. The summed E-state index contributed by atoms with van der Waals surface area (Å²) in [6, 6.07) is 0. The predicted octanol–water partition coefficient (Wildman–Crippen LogP) is 22.5. The topological polar surface area (TPSA) is 78.9 Å². The summed E-state index contributed by atoms with van der Waals surface area (Å²) in [5.74, 6) is -0.875. The predicted molar refractivity (Wildman–Crippen MR) is 330 cm³/mol. The first-order valence-corrected chi connectivity index (χ1v) is 32.9. The summed E-state index contributed by atoms with van der Waals surface area (Å²) in [5, 5.41) is 0. The molecule has 0 spiro atoms. The van der Waals surface area contributed by atoms with Crippen LogP contribution >= 0.6 is 0 Å². The highest BCUT2D eigenvalue weighted by molar-refractivity contribution is 5.71. The van der Waals surface area contributed by atoms with Crippen LogP contribution in [0, 0.1) is 0 Å². The number of esters is 3. The van der Waals surface area contributed by atoms with Gasteiger partial charge in [-0.15, -0.1) is 0 Å². The smallest absolute Gasteiger partial charge is 0.306 e. The average molecular weight is 1060 g/mol. The van der Waals surface area contributed by atoms with Crippen molar-refractivity contribution in [3.63, 3.8) is 0 Å². The number of hydrogen-bond acceptors (Lipinski definition) is 6. The van der Waals surface area contributed by atoms with E-state index in [0.29, 0.717) is 19.3 Å². The summed E-state index contributed by atoms with van der Waals surface area (Å²) < 4.78 is 17.0. The number of rotatable bonds is 60. The fourth-order valence-corrected chi connectivity index (χ4v) is 9.53. The third kappa shape index (κ3) is 61.7. The Balaban J connectivity index is 4.37. The van der Waals surface area contributed by atoms with Gasteiger partial charge < -0.3 is 14.2 Å². The van der Waals surface area contributed by atoms with Crippen molar-refractivity contribution in [1.82, 2.24) is 0 Å². The zero-order chi connectivity index (χ0) is 55.0. The zero-order valence-corrected chi connectivity index (χ0v) is 50.5. The lowest BCUT2D eigenvalue weighted by Crippen LogP contribution is -2.30. The van der Waals surface area contributed by atoms with Crippen LogP contribution in [-0.2, 0) is 28.6 Å². The molecule has 0 saturated carbocycles. The first kappa shape index (κ1) is 72.8. The van der Waals surface area contributed by atoms with Gasteiger partial charge in [0, 0.05) is 19.3 Å². The Morgan fingerprint density at radius 2 is 0.513 bits per heavy atom. The fourth-order valence-electron chi connectivity index (χ4n) is 9.53. The van der Waals surface area contributed by atoms with Gasteiger partial charge in [-0.1, -0.05) is 299 Å². The van der Waals surface area contributed by atoms with E-state index in [1.165, 1.54) is 193 Å². The first-order valence-electron chi connectivity index (χ1n) is 32.9. The molecule has 0 saturated heterocycles. The number of carbonyl (C=O) groups excluding carboxylic acids is 3. The highest BCUT2D eigenvalue weighted by atomic mass is 16.6. The van der Waals surface area contributed by atoms with Gasteiger partial charge in [-0.2, -0.15) is 0 Å². The standard InChI is InChI=1S/C70H124O6/c1-4-7-10-13-16-19-22-25-28-31-33-35-37-39-42-45-48-51-54-57-60-63-69(72)75-66-67(65-74-68(71)62-59-56-53-50-47-44-41-38-30-27-24-21-18-15-12-9-6-3)76-70(73)64-61-58-55-52-49-46-43-40-36-34-32-29-26-23-20-17-14-11-8-5-2/h7,10,16,18-19,21,25,27-28,30,33,35,67H,4-6,8-9,11-15,17,20,22-24,26,29,31-32,34,36-66H2,1-3H3/b10-7-,19-16-,21-18-,28-25-,30-27-,35-33-. The summed E-state index contributed by atoms with van der Waals surface area (Å²) in [7, 11) is 0. The molecular weight excluding hydrogens is 937 g/mol. The van der Waals surface area contributed by atoms with E-state index in [-0.39, 0.29) is 31.1 Å². The van der Waals surface area contributed by atoms with Crippen LogP contribution in [0.15, 0.2) is 72.9 Å². The van der Waals surface area contributed by atoms with Crippen LogP contribution in [0.25, 0.3) is 0 Å². The molecule has 0 aliphatic carbocycles. The molecule has 6 heteroatoms. The van der Waals surface area contributed by atoms with E-state index in [1.807, 2.05) is 0 Å². The summed E-state index contributed by atoms with van der Waals surface area (Å²) >= 11 is 0. The van der Waals surface area contributed by atoms with Gasteiger partial charge in [-0.3, -0.25) is 14.4 Å². The Hall–Kier alpha value is -3.15. The number of ether oxygens (including phenoxy) is 3. The van der Waals surface area contributed by atoms with Crippen molar-refractivity contribution in [2.75, 3.05) is 13.2 Å². The third-order valence-corrected chi connectivity index (χ3v) is 14.4. The van der Waals surface area contributed by atoms with Crippen molar-refractivity contribution >= 4 is 17.9 Å². The van der Waals surface area contributed by atoms with Crippen LogP contribution in [-0.4, -0.2) is 37.2 Å². The molecule has 1 atom stereocenters. The molecule has 440 valence electrons. The minimum Gasteiger partial charge on any atom is -0.462 e. The molecular formula is C70H124O6. The molecule has 0 heterocycles. The lowest BCUT2D eigenvalue weighted by molar-refractivity contribution is -0.167. The largest absolute Gasteiger partial charge is 0.462 e. The van der Waals surface area contributed by atoms with Crippen LogP contribution in [0.3, 0.4) is 0 Å². The molecule has 76 heavy (non-hydrogen) atoms. The van der Waals surface area contributed by atoms with E-state index >= 15 is 0 Å². The Morgan fingerprint density at radius 3 is 0.829 bits per heavy atom. The number of allylic oxidation sites excluding steroid dienone is 12. The van der Waals surface area contributed by atoms with E-state index in [0.717, 1.165) is 103 Å². The first-order chi connectivity index (χ1) is 37.5. The fraction of sp³-hybridized carbons (Fsp3) is 0.786. The van der Waals surface area contributed by atoms with Crippen LogP contribution in [0.4, 0.5) is 0 Å². The van der Waals surface area contributed by atoms with Gasteiger partial charge in [-0.05, 0) is 89.9 Å². The normalized spacial score (nSPS) is 12.5. The second-order valence-electron chi connectivity index (χ2n) is 22.0. The average Bonchev–Trinajstić information content (AvgIpc) is 3.42. The van der Waals surface area contributed by atoms with Crippen LogP contribution in [0.5, 0.6) is 0 Å². The van der Waals surface area contributed by atoms with Gasteiger partial charge >= 0.3 is 17.9 Å². The molecule has 0 radical (unpaired) electrons. The van der Waals surface area contributed by atoms with Crippen LogP contribution in [0.2, 0.25) is 0 Å². The maximum absolute atomic E-state index is 12.9. The Morgan fingerprint density at radius 1 is 0.276 bits per heavy atom. The molecule has 0 rings (SSSR count). The molecule has 0 aromatic rings. The summed E-state index contributed by atoms with van der Waals surface area (Å²) in [4.78, 5) is 38.4. The second-order valence-corrected chi connectivity index (χ2v) is 22.0. The maximum atomic E-state index is 12.9. The molecule has 0 N–H and O–H groups in total. The minimum absolute atomic E-state index is 0.0791. The van der Waals surface area contributed by atoms with E-state index in [4.69, 9.17) is 14.2 Å². The van der Waals surface area contributed by atoms with Gasteiger partial charge in [0.05, 0.1) is 0 Å². The van der Waals surface area contributed by atoms with Gasteiger partial charge in [0.15, 0.2) is 6.10 Å². The molecule has 0 aliphatic rings. The van der Waals surface area contributed by atoms with Crippen LogP contribution in [0.1, 0.15) is 335 Å². The van der Waals surface area contributed by atoms with E-state index < -0.39 is 6.10 Å². The molecule has 0 amide bonds. The zero-order valence-electron chi connectivity index (χ0n) is 50.5. The SMILES string of the molecule is CC/C=C\C/C=C\C/C=C\C/C=C\CCCCCCCCCCC(=O)OCC(COC(=O)CCCCCCCCC/C=C\C/C=C\CCCCC)OC(=O)CCCCCCCCCCCCCCCCCCCCCC. The summed E-state index contributed by atoms with van der Waals surface area (Å²) in [6.45, 7) is 6.54. The van der Waals surface area contributed by atoms with E-state index in [1.54, 1.807) is 0 Å². The Bertz CT molecular complexity index is 1400. The highest BCUT2D eigenvalue weighted by Gasteiger charge is 2.19. The van der Waals surface area contributed by atoms with Crippen molar-refractivity contribution in [3.05, 3.63) is 72.9 Å². The van der Waals surface area contributed by atoms with Crippen molar-refractivity contribution in [3.8, 4) is 0 Å². The highest BCUT2D eigenvalue weighted by Crippen LogP contribution is 2.17. The van der Waals surface area contributed by atoms with Gasteiger partial charge in [0.1, 0.15) is 13.2 Å². The summed E-state index contributed by atoms with van der Waals surface area (Å²) in [5.41, 5.74) is 0.